The maximum Gasteiger partial charge on any atom is 0.147 e. The van der Waals surface area contributed by atoms with E-state index in [1.165, 1.54) is 0 Å². The first-order valence-electron chi connectivity index (χ1n) is 7.12. The number of carbonyl (C=O) groups excluding carboxylic acids is 1. The van der Waals surface area contributed by atoms with Gasteiger partial charge in [0.1, 0.15) is 5.78 Å². The minimum absolute atomic E-state index is 0.298. The van der Waals surface area contributed by atoms with Crippen LogP contribution in [0.2, 0.25) is 0 Å². The Hall–Kier alpha value is -1.87. The molecule has 3 nitrogen and oxygen atoms in total. The van der Waals surface area contributed by atoms with Crippen LogP contribution in [0.1, 0.15) is 24.0 Å². The van der Waals surface area contributed by atoms with Crippen LogP contribution in [0.3, 0.4) is 0 Å². The molecular weight excluding hydrogens is 250 g/mol. The van der Waals surface area contributed by atoms with Crippen LogP contribution in [0, 0.1) is 0 Å². The number of carbonyl (C=O) groups is 1. The van der Waals surface area contributed by atoms with Crippen LogP contribution in [-0.4, -0.2) is 18.9 Å². The van der Waals surface area contributed by atoms with Gasteiger partial charge in [-0.1, -0.05) is 30.3 Å². The van der Waals surface area contributed by atoms with E-state index < -0.39 is 0 Å². The highest BCUT2D eigenvalue weighted by atomic mass is 16.3. The summed E-state index contributed by atoms with van der Waals surface area (Å²) in [4.78, 5) is 12.9. The monoisotopic (exact) mass is 269 g/mol. The van der Waals surface area contributed by atoms with Crippen molar-refractivity contribution in [3.63, 3.8) is 0 Å². The second-order valence-electron chi connectivity index (χ2n) is 5.43. The minimum Gasteiger partial charge on any atom is -0.472 e. The van der Waals surface area contributed by atoms with Gasteiger partial charge in [0.15, 0.2) is 0 Å². The number of ketones is 1. The molecule has 3 heteroatoms. The zero-order valence-corrected chi connectivity index (χ0v) is 11.5. The van der Waals surface area contributed by atoms with Gasteiger partial charge in [-0.05, 0) is 43.1 Å². The highest BCUT2D eigenvalue weighted by molar-refractivity contribution is 5.92. The molecule has 20 heavy (non-hydrogen) atoms. The zero-order valence-electron chi connectivity index (χ0n) is 11.5. The SMILES string of the molecule is O=C(Cc1ccoc1)C1(c2ccccc2)CCNCC1. The highest BCUT2D eigenvalue weighted by Gasteiger charge is 2.40. The molecule has 1 aromatic heterocycles. The summed E-state index contributed by atoms with van der Waals surface area (Å²) >= 11 is 0. The van der Waals surface area contributed by atoms with Crippen molar-refractivity contribution >= 4 is 5.78 Å². The summed E-state index contributed by atoms with van der Waals surface area (Å²) in [5, 5.41) is 3.35. The molecule has 0 bridgehead atoms. The van der Waals surface area contributed by atoms with Crippen molar-refractivity contribution in [2.75, 3.05) is 13.1 Å². The molecule has 2 aromatic rings. The number of nitrogens with one attached hydrogen (secondary N) is 1. The van der Waals surface area contributed by atoms with Gasteiger partial charge in [0.25, 0.3) is 0 Å². The Morgan fingerprint density at radius 1 is 1.15 bits per heavy atom. The van der Waals surface area contributed by atoms with E-state index in [9.17, 15) is 4.79 Å². The van der Waals surface area contributed by atoms with Crippen molar-refractivity contribution in [2.24, 2.45) is 0 Å². The first-order valence-corrected chi connectivity index (χ1v) is 7.12. The first-order chi connectivity index (χ1) is 9.81. The molecule has 1 N–H and O–H groups in total. The maximum absolute atomic E-state index is 12.9. The third-order valence-corrected chi connectivity index (χ3v) is 4.26. The number of Topliss-reactive ketones (excluding diaryl/α,β-unsaturated/α-hetero) is 1. The quantitative estimate of drug-likeness (QED) is 0.928. The van der Waals surface area contributed by atoms with Crippen LogP contribution >= 0.6 is 0 Å². The molecule has 1 aliphatic rings. The van der Waals surface area contributed by atoms with Gasteiger partial charge in [-0.15, -0.1) is 0 Å². The van der Waals surface area contributed by atoms with Crippen LogP contribution in [0.5, 0.6) is 0 Å². The lowest BCUT2D eigenvalue weighted by atomic mass is 9.69. The van der Waals surface area contributed by atoms with Crippen molar-refractivity contribution in [1.29, 1.82) is 0 Å². The van der Waals surface area contributed by atoms with Crippen LogP contribution in [-0.2, 0) is 16.6 Å². The topological polar surface area (TPSA) is 42.2 Å². The number of benzene rings is 1. The summed E-state index contributed by atoms with van der Waals surface area (Å²) in [5.41, 5.74) is 1.77. The van der Waals surface area contributed by atoms with E-state index in [1.54, 1.807) is 12.5 Å². The average molecular weight is 269 g/mol. The molecule has 1 fully saturated rings. The van der Waals surface area contributed by atoms with Crippen molar-refractivity contribution in [1.82, 2.24) is 5.32 Å². The first kappa shape index (κ1) is 13.1. The van der Waals surface area contributed by atoms with E-state index in [-0.39, 0.29) is 5.41 Å². The minimum atomic E-state index is -0.343. The summed E-state index contributed by atoms with van der Waals surface area (Å²) in [6.45, 7) is 1.79. The van der Waals surface area contributed by atoms with E-state index in [0.717, 1.165) is 37.1 Å². The van der Waals surface area contributed by atoms with Gasteiger partial charge in [-0.2, -0.15) is 0 Å². The van der Waals surface area contributed by atoms with Crippen molar-refractivity contribution in [3.8, 4) is 0 Å². The fraction of sp³-hybridized carbons (Fsp3) is 0.353. The summed E-state index contributed by atoms with van der Waals surface area (Å²) in [6.07, 6.45) is 5.48. The molecule has 1 saturated heterocycles. The van der Waals surface area contributed by atoms with Crippen LogP contribution < -0.4 is 5.32 Å². The Bertz CT molecular complexity index is 554. The predicted molar refractivity (Wildman–Crippen MR) is 77.6 cm³/mol. The van der Waals surface area contributed by atoms with Gasteiger partial charge in [-0.25, -0.2) is 0 Å². The third-order valence-electron chi connectivity index (χ3n) is 4.26. The molecule has 0 unspecified atom stereocenters. The Kier molecular flexibility index (Phi) is 3.70. The van der Waals surface area contributed by atoms with Gasteiger partial charge in [0.05, 0.1) is 17.9 Å². The van der Waals surface area contributed by atoms with Gasteiger partial charge >= 0.3 is 0 Å². The molecule has 0 spiro atoms. The number of hydrogen-bond donors (Lipinski definition) is 1. The van der Waals surface area contributed by atoms with E-state index >= 15 is 0 Å². The molecule has 0 atom stereocenters. The Morgan fingerprint density at radius 2 is 1.90 bits per heavy atom. The van der Waals surface area contributed by atoms with E-state index in [1.807, 2.05) is 24.3 Å². The summed E-state index contributed by atoms with van der Waals surface area (Å²) in [5.74, 6) is 0.298. The van der Waals surface area contributed by atoms with Crippen molar-refractivity contribution < 1.29 is 9.21 Å². The lowest BCUT2D eigenvalue weighted by molar-refractivity contribution is -0.125. The summed E-state index contributed by atoms with van der Waals surface area (Å²) in [6, 6.07) is 12.1. The summed E-state index contributed by atoms with van der Waals surface area (Å²) < 4.78 is 5.08. The maximum atomic E-state index is 12.9. The zero-order chi connectivity index (χ0) is 13.8. The lowest BCUT2D eigenvalue weighted by Gasteiger charge is -2.36. The number of piperidine rings is 1. The van der Waals surface area contributed by atoms with Crippen LogP contribution in [0.15, 0.2) is 53.3 Å². The van der Waals surface area contributed by atoms with E-state index in [0.29, 0.717) is 12.2 Å². The van der Waals surface area contributed by atoms with Crippen molar-refractivity contribution in [2.45, 2.75) is 24.7 Å². The Labute approximate surface area is 119 Å². The van der Waals surface area contributed by atoms with Crippen LogP contribution in [0.25, 0.3) is 0 Å². The lowest BCUT2D eigenvalue weighted by Crippen LogP contribution is -2.46. The molecule has 3 rings (SSSR count). The molecule has 0 saturated carbocycles. The number of hydrogen-bond acceptors (Lipinski definition) is 3. The fourth-order valence-corrected chi connectivity index (χ4v) is 3.09. The van der Waals surface area contributed by atoms with Gasteiger partial charge in [0, 0.05) is 6.42 Å². The number of rotatable bonds is 4. The molecule has 1 aromatic carbocycles. The van der Waals surface area contributed by atoms with Crippen LogP contribution in [0.4, 0.5) is 0 Å². The standard InChI is InChI=1S/C17H19NO2/c19-16(12-14-6-11-20-13-14)17(7-9-18-10-8-17)15-4-2-1-3-5-15/h1-6,11,13,18H,7-10,12H2. The molecular formula is C17H19NO2. The van der Waals surface area contributed by atoms with Gasteiger partial charge in [-0.3, -0.25) is 4.79 Å². The van der Waals surface area contributed by atoms with E-state index in [2.05, 4.69) is 17.4 Å². The predicted octanol–water partition coefficient (Wildman–Crippen LogP) is 2.71. The summed E-state index contributed by atoms with van der Waals surface area (Å²) in [7, 11) is 0. The average Bonchev–Trinajstić information content (AvgIpc) is 3.02. The van der Waals surface area contributed by atoms with Gasteiger partial charge < -0.3 is 9.73 Å². The number of furan rings is 1. The second kappa shape index (κ2) is 5.63. The molecule has 104 valence electrons. The Morgan fingerprint density at radius 3 is 2.55 bits per heavy atom. The fourth-order valence-electron chi connectivity index (χ4n) is 3.09. The molecule has 0 radical (unpaired) electrons. The largest absolute Gasteiger partial charge is 0.472 e. The van der Waals surface area contributed by atoms with Crippen molar-refractivity contribution in [3.05, 3.63) is 60.1 Å². The van der Waals surface area contributed by atoms with E-state index in [4.69, 9.17) is 4.42 Å². The molecule has 0 aliphatic carbocycles. The normalized spacial score (nSPS) is 17.8. The smallest absolute Gasteiger partial charge is 0.147 e. The molecule has 1 aliphatic heterocycles. The highest BCUT2D eigenvalue weighted by Crippen LogP contribution is 2.35. The Balaban J connectivity index is 1.91. The third kappa shape index (κ3) is 2.41. The second-order valence-corrected chi connectivity index (χ2v) is 5.43. The molecule has 2 heterocycles. The van der Waals surface area contributed by atoms with Gasteiger partial charge in [0.2, 0.25) is 0 Å². The molecule has 0 amide bonds.